The number of hydrogen-bond acceptors (Lipinski definition) is 6. The van der Waals surface area contributed by atoms with Crippen LogP contribution in [0.3, 0.4) is 0 Å². The van der Waals surface area contributed by atoms with E-state index in [9.17, 15) is 13.2 Å². The first-order valence-electron chi connectivity index (χ1n) is 8.47. The van der Waals surface area contributed by atoms with Crippen LogP contribution in [0.2, 0.25) is 0 Å². The van der Waals surface area contributed by atoms with Crippen LogP contribution in [0.25, 0.3) is 11.6 Å². The van der Waals surface area contributed by atoms with Crippen LogP contribution in [0, 0.1) is 0 Å². The Morgan fingerprint density at radius 3 is 2.11 bits per heavy atom. The van der Waals surface area contributed by atoms with Crippen molar-refractivity contribution in [3.05, 3.63) is 60.2 Å². The summed E-state index contributed by atoms with van der Waals surface area (Å²) in [5, 5.41) is 0. The molecule has 1 aliphatic rings. The highest BCUT2D eigenvalue weighted by atomic mass is 19.4. The zero-order valence-corrected chi connectivity index (χ0v) is 14.7. The summed E-state index contributed by atoms with van der Waals surface area (Å²) in [6.45, 7) is 0. The van der Waals surface area contributed by atoms with E-state index in [0.717, 1.165) is 17.5 Å². The van der Waals surface area contributed by atoms with Crippen LogP contribution < -0.4 is 9.47 Å². The number of hydrogen-bond donors (Lipinski definition) is 0. The van der Waals surface area contributed by atoms with Crippen molar-refractivity contribution >= 4 is 0 Å². The summed E-state index contributed by atoms with van der Waals surface area (Å²) in [7, 11) is 1.40. The van der Waals surface area contributed by atoms with Gasteiger partial charge in [-0.25, -0.2) is 19.9 Å². The van der Waals surface area contributed by atoms with Crippen LogP contribution in [0.15, 0.2) is 49.1 Å². The highest BCUT2D eigenvalue weighted by molar-refractivity contribution is 5.46. The van der Waals surface area contributed by atoms with Gasteiger partial charge in [0.1, 0.15) is 11.5 Å². The first-order chi connectivity index (χ1) is 13.4. The minimum atomic E-state index is -4.75. The van der Waals surface area contributed by atoms with Crippen molar-refractivity contribution in [2.24, 2.45) is 0 Å². The van der Waals surface area contributed by atoms with Crippen molar-refractivity contribution in [1.29, 1.82) is 0 Å². The number of nitrogens with zero attached hydrogens (tertiary/aromatic N) is 4. The minimum absolute atomic E-state index is 0.0492. The van der Waals surface area contributed by atoms with E-state index < -0.39 is 6.36 Å². The molecule has 0 unspecified atom stereocenters. The molecule has 0 N–H and O–H groups in total. The molecule has 2 aromatic heterocycles. The van der Waals surface area contributed by atoms with E-state index in [-0.39, 0.29) is 17.6 Å². The van der Waals surface area contributed by atoms with E-state index in [4.69, 9.17) is 4.74 Å². The molecule has 0 amide bonds. The Hall–Kier alpha value is -3.23. The van der Waals surface area contributed by atoms with Crippen molar-refractivity contribution < 1.29 is 22.6 Å². The zero-order chi connectivity index (χ0) is 19.7. The van der Waals surface area contributed by atoms with Gasteiger partial charge in [-0.2, -0.15) is 0 Å². The molecule has 28 heavy (non-hydrogen) atoms. The maximum atomic E-state index is 12.6. The van der Waals surface area contributed by atoms with Gasteiger partial charge in [-0.3, -0.25) is 0 Å². The Morgan fingerprint density at radius 2 is 1.46 bits per heavy atom. The number of aromatic nitrogens is 4. The predicted octanol–water partition coefficient (Wildman–Crippen LogP) is 4.11. The van der Waals surface area contributed by atoms with Gasteiger partial charge in [-0.15, -0.1) is 13.2 Å². The molecule has 1 aliphatic carbocycles. The molecule has 0 bridgehead atoms. The third kappa shape index (κ3) is 4.03. The van der Waals surface area contributed by atoms with Gasteiger partial charge in [0.15, 0.2) is 11.6 Å². The SMILES string of the molecule is COc1cc(OC(F)(F)F)cc([C@@H]2C[C@H]2c2cnc(-c3ncccn3)nc2)c1. The molecule has 1 fully saturated rings. The maximum Gasteiger partial charge on any atom is 0.573 e. The lowest BCUT2D eigenvalue weighted by Gasteiger charge is -2.12. The van der Waals surface area contributed by atoms with Gasteiger partial charge >= 0.3 is 6.36 Å². The Morgan fingerprint density at radius 1 is 0.857 bits per heavy atom. The summed E-state index contributed by atoms with van der Waals surface area (Å²) in [5.41, 5.74) is 1.63. The Bertz CT molecular complexity index is 965. The van der Waals surface area contributed by atoms with E-state index in [1.54, 1.807) is 36.9 Å². The molecule has 6 nitrogen and oxygen atoms in total. The van der Waals surface area contributed by atoms with Gasteiger partial charge in [0, 0.05) is 30.9 Å². The Balaban J connectivity index is 1.53. The van der Waals surface area contributed by atoms with E-state index >= 15 is 0 Å². The molecule has 1 saturated carbocycles. The Kier molecular flexibility index (Phi) is 4.58. The predicted molar refractivity (Wildman–Crippen MR) is 92.8 cm³/mol. The molecule has 0 radical (unpaired) electrons. The molecule has 2 atom stereocenters. The highest BCUT2D eigenvalue weighted by Crippen LogP contribution is 2.55. The fourth-order valence-electron chi connectivity index (χ4n) is 3.11. The van der Waals surface area contributed by atoms with E-state index in [1.807, 2.05) is 0 Å². The molecule has 3 aromatic rings. The second kappa shape index (κ2) is 7.06. The van der Waals surface area contributed by atoms with Gasteiger partial charge in [0.05, 0.1) is 7.11 Å². The monoisotopic (exact) mass is 388 g/mol. The van der Waals surface area contributed by atoms with Crippen molar-refractivity contribution in [3.63, 3.8) is 0 Å². The minimum Gasteiger partial charge on any atom is -0.497 e. The van der Waals surface area contributed by atoms with Crippen LogP contribution in [-0.2, 0) is 0 Å². The third-order valence-corrected chi connectivity index (χ3v) is 4.46. The van der Waals surface area contributed by atoms with Crippen molar-refractivity contribution in [2.75, 3.05) is 7.11 Å². The summed E-state index contributed by atoms with van der Waals surface area (Å²) < 4.78 is 46.8. The molecule has 144 valence electrons. The lowest BCUT2D eigenvalue weighted by Crippen LogP contribution is -2.17. The largest absolute Gasteiger partial charge is 0.573 e. The van der Waals surface area contributed by atoms with Crippen LogP contribution in [0.5, 0.6) is 11.5 Å². The number of ether oxygens (including phenoxy) is 2. The molecule has 0 spiro atoms. The third-order valence-electron chi connectivity index (χ3n) is 4.46. The molecular formula is C19H15F3N4O2. The van der Waals surface area contributed by atoms with Crippen molar-refractivity contribution in [3.8, 4) is 23.1 Å². The topological polar surface area (TPSA) is 70.0 Å². The number of methoxy groups -OCH3 is 1. The maximum absolute atomic E-state index is 12.6. The smallest absolute Gasteiger partial charge is 0.497 e. The fourth-order valence-corrected chi connectivity index (χ4v) is 3.11. The lowest BCUT2D eigenvalue weighted by molar-refractivity contribution is -0.274. The van der Waals surface area contributed by atoms with Gasteiger partial charge < -0.3 is 9.47 Å². The number of halogens is 3. The summed E-state index contributed by atoms with van der Waals surface area (Å²) in [6, 6.07) is 6.04. The quantitative estimate of drug-likeness (QED) is 0.655. The average Bonchev–Trinajstić information content (AvgIpc) is 3.48. The molecular weight excluding hydrogens is 373 g/mol. The van der Waals surface area contributed by atoms with Gasteiger partial charge in [0.25, 0.3) is 0 Å². The van der Waals surface area contributed by atoms with E-state index in [1.165, 1.54) is 19.2 Å². The molecule has 9 heteroatoms. The summed E-state index contributed by atoms with van der Waals surface area (Å²) in [4.78, 5) is 16.8. The first kappa shape index (κ1) is 18.1. The molecule has 2 heterocycles. The second-order valence-corrected chi connectivity index (χ2v) is 6.35. The summed E-state index contributed by atoms with van der Waals surface area (Å²) >= 11 is 0. The Labute approximate surface area is 158 Å². The normalized spacial score (nSPS) is 18.6. The fraction of sp³-hybridized carbons (Fsp3) is 0.263. The standard InChI is InChI=1S/C19H15F3N4O2/c1-27-13-5-11(6-14(7-13)28-19(20,21)22)15-8-16(15)12-9-25-18(26-10-12)17-23-3-2-4-24-17/h2-7,9-10,15-16H,8H2,1H3/t15-,16-/m0/s1. The van der Waals surface area contributed by atoms with Crippen LogP contribution >= 0.6 is 0 Å². The molecule has 1 aromatic carbocycles. The molecule has 0 saturated heterocycles. The average molecular weight is 388 g/mol. The van der Waals surface area contributed by atoms with Crippen LogP contribution in [-0.4, -0.2) is 33.4 Å². The second-order valence-electron chi connectivity index (χ2n) is 6.35. The number of benzene rings is 1. The lowest BCUT2D eigenvalue weighted by atomic mass is 10.1. The van der Waals surface area contributed by atoms with E-state index in [0.29, 0.717) is 17.4 Å². The number of alkyl halides is 3. The first-order valence-corrected chi connectivity index (χ1v) is 8.47. The van der Waals surface area contributed by atoms with Crippen LogP contribution in [0.1, 0.15) is 29.4 Å². The van der Waals surface area contributed by atoms with Gasteiger partial charge in [-0.1, -0.05) is 0 Å². The zero-order valence-electron chi connectivity index (χ0n) is 14.7. The highest BCUT2D eigenvalue weighted by Gasteiger charge is 2.41. The molecule has 0 aliphatic heterocycles. The van der Waals surface area contributed by atoms with Gasteiger partial charge in [0.2, 0.25) is 0 Å². The number of rotatable bonds is 5. The van der Waals surface area contributed by atoms with Crippen LogP contribution in [0.4, 0.5) is 13.2 Å². The summed E-state index contributed by atoms with van der Waals surface area (Å²) in [6.07, 6.45) is 2.66. The van der Waals surface area contributed by atoms with Crippen molar-refractivity contribution in [1.82, 2.24) is 19.9 Å². The van der Waals surface area contributed by atoms with Crippen molar-refractivity contribution in [2.45, 2.75) is 24.6 Å². The van der Waals surface area contributed by atoms with E-state index in [2.05, 4.69) is 24.7 Å². The molecule has 4 rings (SSSR count). The summed E-state index contributed by atoms with van der Waals surface area (Å²) in [5.74, 6) is 1.05. The van der Waals surface area contributed by atoms with Gasteiger partial charge in [-0.05, 0) is 47.6 Å².